The van der Waals surface area contributed by atoms with Crippen LogP contribution in [0.3, 0.4) is 0 Å². The van der Waals surface area contributed by atoms with Crippen LogP contribution in [0.25, 0.3) is 33.4 Å². The number of para-hydroxylation sites is 2. The summed E-state index contributed by atoms with van der Waals surface area (Å²) in [4.78, 5) is 30.2. The Kier molecular flexibility index (Phi) is 7.20. The van der Waals surface area contributed by atoms with Gasteiger partial charge in [-0.1, -0.05) is 90.0 Å². The minimum atomic E-state index is -0.411. The van der Waals surface area contributed by atoms with E-state index in [0.29, 0.717) is 22.3 Å². The van der Waals surface area contributed by atoms with Gasteiger partial charge in [0, 0.05) is 17.1 Å². The van der Waals surface area contributed by atoms with Gasteiger partial charge < -0.3 is 4.90 Å². The quantitative estimate of drug-likeness (QED) is 0.196. The smallest absolute Gasteiger partial charge is 0.310 e. The van der Waals surface area contributed by atoms with Crippen molar-refractivity contribution in [3.8, 4) is 22.5 Å². The molecule has 0 unspecified atom stereocenters. The van der Waals surface area contributed by atoms with Crippen LogP contribution in [-0.4, -0.2) is 9.13 Å². The van der Waals surface area contributed by atoms with Crippen LogP contribution in [0.1, 0.15) is 11.1 Å². The minimum absolute atomic E-state index is 0.354. The fourth-order valence-electron chi connectivity index (χ4n) is 5.78. The zero-order valence-electron chi connectivity index (χ0n) is 25.1. The molecule has 0 saturated carbocycles. The summed E-state index contributed by atoms with van der Waals surface area (Å²) in [6.45, 7) is 4.17. The number of nitrogens with zero attached hydrogens (tertiary/aromatic N) is 3. The first-order valence-corrected chi connectivity index (χ1v) is 14.9. The van der Waals surface area contributed by atoms with E-state index in [2.05, 4.69) is 85.5 Å². The van der Waals surface area contributed by atoms with E-state index in [4.69, 9.17) is 0 Å². The van der Waals surface area contributed by atoms with E-state index in [1.807, 2.05) is 72.8 Å². The fraction of sp³-hybridized carbons (Fsp3) is 0.0500. The van der Waals surface area contributed by atoms with E-state index < -0.39 is 5.69 Å². The first-order valence-electron chi connectivity index (χ1n) is 14.9. The minimum Gasteiger partial charge on any atom is -0.310 e. The maximum absolute atomic E-state index is 14.1. The molecule has 45 heavy (non-hydrogen) atoms. The third kappa shape index (κ3) is 5.25. The van der Waals surface area contributed by atoms with E-state index in [-0.39, 0.29) is 5.56 Å². The molecule has 7 aromatic rings. The first-order chi connectivity index (χ1) is 22.0. The molecule has 0 radical (unpaired) electrons. The second-order valence-electron chi connectivity index (χ2n) is 11.2. The molecule has 0 aliphatic carbocycles. The van der Waals surface area contributed by atoms with E-state index in [1.165, 1.54) is 15.7 Å². The monoisotopic (exact) mass is 585 g/mol. The molecule has 0 spiro atoms. The van der Waals surface area contributed by atoms with Crippen molar-refractivity contribution in [3.05, 3.63) is 184 Å². The molecule has 1 heterocycles. The lowest BCUT2D eigenvalue weighted by Crippen LogP contribution is -2.38. The van der Waals surface area contributed by atoms with Crippen molar-refractivity contribution in [2.45, 2.75) is 13.8 Å². The normalized spacial score (nSPS) is 11.1. The third-order valence-electron chi connectivity index (χ3n) is 8.10. The van der Waals surface area contributed by atoms with Gasteiger partial charge >= 0.3 is 5.69 Å². The summed E-state index contributed by atoms with van der Waals surface area (Å²) in [6.07, 6.45) is 0. The number of aromatic nitrogens is 2. The molecule has 5 nitrogen and oxygen atoms in total. The van der Waals surface area contributed by atoms with Crippen LogP contribution in [-0.2, 0) is 0 Å². The number of anilines is 3. The molecule has 7 rings (SSSR count). The van der Waals surface area contributed by atoms with Gasteiger partial charge in [0.15, 0.2) is 0 Å². The van der Waals surface area contributed by atoms with Gasteiger partial charge in [-0.05, 0) is 97.8 Å². The van der Waals surface area contributed by atoms with Crippen LogP contribution in [0, 0.1) is 13.8 Å². The number of fused-ring (bicyclic) bond motifs is 1. The van der Waals surface area contributed by atoms with Crippen molar-refractivity contribution in [2.24, 2.45) is 0 Å². The van der Waals surface area contributed by atoms with Gasteiger partial charge in [0.25, 0.3) is 5.56 Å². The van der Waals surface area contributed by atoms with Gasteiger partial charge in [-0.25, -0.2) is 9.36 Å². The summed E-state index contributed by atoms with van der Waals surface area (Å²) >= 11 is 0. The summed E-state index contributed by atoms with van der Waals surface area (Å²) in [5.74, 6) is 0. The maximum Gasteiger partial charge on any atom is 0.340 e. The molecule has 0 fully saturated rings. The highest BCUT2D eigenvalue weighted by molar-refractivity contribution is 5.87. The van der Waals surface area contributed by atoms with Crippen LogP contribution in [0.15, 0.2) is 161 Å². The Hall–Kier alpha value is -5.94. The van der Waals surface area contributed by atoms with E-state index in [9.17, 15) is 9.59 Å². The number of hydrogen-bond donors (Lipinski definition) is 0. The van der Waals surface area contributed by atoms with Crippen LogP contribution < -0.4 is 16.1 Å². The molecule has 0 amide bonds. The Bertz CT molecular complexity index is 2210. The fourth-order valence-corrected chi connectivity index (χ4v) is 5.78. The topological polar surface area (TPSA) is 47.2 Å². The summed E-state index contributed by atoms with van der Waals surface area (Å²) in [6, 6.07) is 49.6. The van der Waals surface area contributed by atoms with Gasteiger partial charge in [0.05, 0.1) is 22.3 Å². The Morgan fingerprint density at radius 1 is 0.467 bits per heavy atom. The molecule has 0 aliphatic rings. The molecule has 5 heteroatoms. The van der Waals surface area contributed by atoms with Crippen LogP contribution in [0.2, 0.25) is 0 Å². The van der Waals surface area contributed by atoms with Crippen LogP contribution in [0.4, 0.5) is 17.1 Å². The summed E-state index contributed by atoms with van der Waals surface area (Å²) in [7, 11) is 0. The van der Waals surface area contributed by atoms with Crippen LogP contribution >= 0.6 is 0 Å². The highest BCUT2D eigenvalue weighted by Crippen LogP contribution is 2.37. The molecule has 6 aromatic carbocycles. The number of rotatable bonds is 6. The molecule has 0 bridgehead atoms. The van der Waals surface area contributed by atoms with Crippen molar-refractivity contribution < 1.29 is 0 Å². The summed E-state index contributed by atoms with van der Waals surface area (Å²) < 4.78 is 2.87. The number of hydrogen-bond acceptors (Lipinski definition) is 3. The molecule has 0 atom stereocenters. The molecule has 0 N–H and O–H groups in total. The molecular formula is C40H31N3O2. The molecule has 218 valence electrons. The molecule has 0 saturated heterocycles. The molecule has 1 aromatic heterocycles. The van der Waals surface area contributed by atoms with Gasteiger partial charge in [-0.15, -0.1) is 0 Å². The Morgan fingerprint density at radius 3 is 1.58 bits per heavy atom. The number of benzene rings is 6. The van der Waals surface area contributed by atoms with Crippen molar-refractivity contribution >= 4 is 28.0 Å². The first kappa shape index (κ1) is 27.9. The lowest BCUT2D eigenvalue weighted by Gasteiger charge is -2.26. The lowest BCUT2D eigenvalue weighted by molar-refractivity contribution is 0.835. The van der Waals surface area contributed by atoms with Gasteiger partial charge in [0.1, 0.15) is 0 Å². The van der Waals surface area contributed by atoms with Crippen molar-refractivity contribution in [3.63, 3.8) is 0 Å². The zero-order chi connectivity index (χ0) is 30.9. The SMILES string of the molecule is Cc1ccc(N(c2ccc(C)cc2)c2cccc(-c3ccc4c(c3)c(=O)n(-c3ccccc3)c(=O)n4-c3ccccc3)c2)cc1. The standard InChI is InChI=1S/C40H31N3O2/c1-28-16-21-34(22-17-28)41(35-23-18-29(2)19-24-35)36-15-9-10-30(26-36)31-20-25-38-37(27-31)39(44)43(33-13-7-4-8-14-33)40(45)42(38)32-11-5-3-6-12-32/h3-27H,1-2H3. The zero-order valence-corrected chi connectivity index (χ0v) is 25.1. The lowest BCUT2D eigenvalue weighted by atomic mass is 10.0. The van der Waals surface area contributed by atoms with Gasteiger partial charge in [-0.3, -0.25) is 9.36 Å². The average molecular weight is 586 g/mol. The van der Waals surface area contributed by atoms with Crippen molar-refractivity contribution in [1.82, 2.24) is 9.13 Å². The highest BCUT2D eigenvalue weighted by Gasteiger charge is 2.18. The maximum atomic E-state index is 14.1. The van der Waals surface area contributed by atoms with Crippen molar-refractivity contribution in [2.75, 3.05) is 4.90 Å². The van der Waals surface area contributed by atoms with E-state index in [1.54, 1.807) is 16.7 Å². The predicted molar refractivity (Wildman–Crippen MR) is 185 cm³/mol. The van der Waals surface area contributed by atoms with Crippen LogP contribution in [0.5, 0.6) is 0 Å². The second-order valence-corrected chi connectivity index (χ2v) is 11.2. The largest absolute Gasteiger partial charge is 0.340 e. The summed E-state index contributed by atoms with van der Waals surface area (Å²) in [5, 5.41) is 0.458. The molecule has 0 aliphatic heterocycles. The highest BCUT2D eigenvalue weighted by atomic mass is 16.2. The van der Waals surface area contributed by atoms with E-state index >= 15 is 0 Å². The van der Waals surface area contributed by atoms with Gasteiger partial charge in [0.2, 0.25) is 0 Å². The van der Waals surface area contributed by atoms with Crippen molar-refractivity contribution in [1.29, 1.82) is 0 Å². The predicted octanol–water partition coefficient (Wildman–Crippen LogP) is 8.90. The second kappa shape index (κ2) is 11.6. The number of aryl methyl sites for hydroxylation is 2. The van der Waals surface area contributed by atoms with E-state index in [0.717, 1.165) is 28.2 Å². The van der Waals surface area contributed by atoms with Gasteiger partial charge in [-0.2, -0.15) is 0 Å². The molecular weight excluding hydrogens is 554 g/mol. The summed E-state index contributed by atoms with van der Waals surface area (Å²) in [5.41, 5.74) is 8.35. The Balaban J connectivity index is 1.42. The average Bonchev–Trinajstić information content (AvgIpc) is 3.08. The Labute approximate surface area is 261 Å². The Morgan fingerprint density at radius 2 is 1.00 bits per heavy atom. The third-order valence-corrected chi connectivity index (χ3v) is 8.10.